The van der Waals surface area contributed by atoms with Gasteiger partial charge in [-0.25, -0.2) is 4.79 Å². The second-order valence-electron chi connectivity index (χ2n) is 2.79. The van der Waals surface area contributed by atoms with Gasteiger partial charge in [-0.3, -0.25) is 0 Å². The van der Waals surface area contributed by atoms with Crippen LogP contribution in [0.4, 0.5) is 0 Å². The van der Waals surface area contributed by atoms with Crippen LogP contribution in [0.15, 0.2) is 29.4 Å². The average Bonchev–Trinajstić information content (AvgIpc) is 2.24. The number of hydrogen-bond acceptors (Lipinski definition) is 4. The number of hydrogen-bond donors (Lipinski definition) is 2. The Labute approximate surface area is 86.6 Å². The maximum atomic E-state index is 10.3. The van der Waals surface area contributed by atoms with Gasteiger partial charge in [0, 0.05) is 12.6 Å². The summed E-state index contributed by atoms with van der Waals surface area (Å²) in [6.45, 7) is -0.382. The molecule has 0 fully saturated rings. The maximum absolute atomic E-state index is 10.3. The fraction of sp³-hybridized carbons (Fsp3) is 0.200. The van der Waals surface area contributed by atoms with Crippen LogP contribution in [0.1, 0.15) is 5.56 Å². The van der Waals surface area contributed by atoms with Gasteiger partial charge in [0.1, 0.15) is 5.75 Å². The van der Waals surface area contributed by atoms with Gasteiger partial charge in [-0.15, -0.1) is 5.16 Å². The van der Waals surface area contributed by atoms with Crippen molar-refractivity contribution < 1.29 is 19.8 Å². The van der Waals surface area contributed by atoms with Crippen molar-refractivity contribution in [3.05, 3.63) is 29.8 Å². The van der Waals surface area contributed by atoms with E-state index in [0.29, 0.717) is 12.2 Å². The summed E-state index contributed by atoms with van der Waals surface area (Å²) in [5.74, 6) is -0.541. The molecule has 5 nitrogen and oxygen atoms in total. The number of carboxylic acids is 1. The smallest absolute Gasteiger partial charge is 0.341 e. The van der Waals surface area contributed by atoms with Gasteiger partial charge in [-0.2, -0.15) is 0 Å². The first-order chi connectivity index (χ1) is 7.24. The van der Waals surface area contributed by atoms with Crippen molar-refractivity contribution in [1.29, 1.82) is 0 Å². The molecule has 0 aliphatic rings. The largest absolute Gasteiger partial charge is 0.482 e. The van der Waals surface area contributed by atoms with Crippen molar-refractivity contribution in [3.63, 3.8) is 0 Å². The van der Waals surface area contributed by atoms with E-state index in [9.17, 15) is 4.79 Å². The quantitative estimate of drug-likeness (QED) is 0.433. The van der Waals surface area contributed by atoms with E-state index < -0.39 is 5.97 Å². The molecular formula is C10H11NO4. The normalized spacial score (nSPS) is 10.4. The molecule has 0 radical (unpaired) electrons. The zero-order valence-electron chi connectivity index (χ0n) is 7.96. The minimum absolute atomic E-state index is 0.382. The van der Waals surface area contributed by atoms with Crippen LogP contribution in [0.5, 0.6) is 5.75 Å². The summed E-state index contributed by atoms with van der Waals surface area (Å²) in [5, 5.41) is 19.6. The number of nitrogens with zero attached hydrogens (tertiary/aromatic N) is 1. The van der Waals surface area contributed by atoms with Crippen molar-refractivity contribution in [1.82, 2.24) is 0 Å². The van der Waals surface area contributed by atoms with Crippen molar-refractivity contribution in [2.45, 2.75) is 6.42 Å². The van der Waals surface area contributed by atoms with E-state index in [1.807, 2.05) is 0 Å². The Bertz CT molecular complexity index is 362. The molecule has 0 spiro atoms. The van der Waals surface area contributed by atoms with Crippen LogP contribution in [0.25, 0.3) is 0 Å². The van der Waals surface area contributed by atoms with Gasteiger partial charge >= 0.3 is 5.97 Å². The van der Waals surface area contributed by atoms with Gasteiger partial charge < -0.3 is 15.1 Å². The van der Waals surface area contributed by atoms with Gasteiger partial charge in [0.05, 0.1) is 0 Å². The summed E-state index contributed by atoms with van der Waals surface area (Å²) in [6, 6.07) is 6.99. The lowest BCUT2D eigenvalue weighted by atomic mass is 10.1. The molecule has 0 saturated heterocycles. The molecule has 0 heterocycles. The monoisotopic (exact) mass is 209 g/mol. The van der Waals surface area contributed by atoms with Crippen molar-refractivity contribution in [2.24, 2.45) is 5.16 Å². The first-order valence-corrected chi connectivity index (χ1v) is 4.32. The molecule has 0 unspecified atom stereocenters. The summed E-state index contributed by atoms with van der Waals surface area (Å²) in [4.78, 5) is 10.3. The Morgan fingerprint density at radius 1 is 1.47 bits per heavy atom. The number of rotatable bonds is 5. The van der Waals surface area contributed by atoms with Crippen LogP contribution in [-0.2, 0) is 11.2 Å². The van der Waals surface area contributed by atoms with E-state index in [2.05, 4.69) is 5.16 Å². The van der Waals surface area contributed by atoms with E-state index in [0.717, 1.165) is 5.56 Å². The minimum atomic E-state index is -1.03. The maximum Gasteiger partial charge on any atom is 0.341 e. The first kappa shape index (κ1) is 11.0. The molecule has 80 valence electrons. The summed E-state index contributed by atoms with van der Waals surface area (Å²) in [6.07, 6.45) is 1.70. The van der Waals surface area contributed by atoms with Crippen molar-refractivity contribution in [3.8, 4) is 5.75 Å². The molecule has 1 rings (SSSR count). The summed E-state index contributed by atoms with van der Waals surface area (Å²) < 4.78 is 5.05. The first-order valence-electron chi connectivity index (χ1n) is 4.32. The molecule has 0 amide bonds. The molecule has 0 bridgehead atoms. The second-order valence-corrected chi connectivity index (χ2v) is 2.79. The number of carboxylic acid groups (broad SMARTS) is 1. The second kappa shape index (κ2) is 5.64. The Kier molecular flexibility index (Phi) is 4.15. The predicted molar refractivity (Wildman–Crippen MR) is 53.6 cm³/mol. The molecule has 0 aliphatic heterocycles. The van der Waals surface area contributed by atoms with Gasteiger partial charge in [0.15, 0.2) is 6.61 Å². The highest BCUT2D eigenvalue weighted by molar-refractivity contribution is 5.69. The summed E-state index contributed by atoms with van der Waals surface area (Å²) in [7, 11) is 0. The topological polar surface area (TPSA) is 79.1 Å². The molecule has 1 aromatic carbocycles. The number of aliphatic carboxylic acids is 1. The van der Waals surface area contributed by atoms with Gasteiger partial charge in [0.2, 0.25) is 0 Å². The molecule has 0 aliphatic carbocycles. The number of benzene rings is 1. The van der Waals surface area contributed by atoms with Crippen molar-refractivity contribution >= 4 is 12.2 Å². The predicted octanol–water partition coefficient (Wildman–Crippen LogP) is 1.15. The van der Waals surface area contributed by atoms with Crippen LogP contribution in [0.3, 0.4) is 0 Å². The zero-order chi connectivity index (χ0) is 11.1. The van der Waals surface area contributed by atoms with Crippen LogP contribution < -0.4 is 4.74 Å². The fourth-order valence-corrected chi connectivity index (χ4v) is 1.09. The minimum Gasteiger partial charge on any atom is -0.482 e. The number of carbonyl (C=O) groups is 1. The molecular weight excluding hydrogens is 198 g/mol. The van der Waals surface area contributed by atoms with E-state index in [1.54, 1.807) is 24.3 Å². The number of para-hydroxylation sites is 1. The van der Waals surface area contributed by atoms with E-state index in [-0.39, 0.29) is 6.61 Å². The molecule has 0 aromatic heterocycles. The zero-order valence-corrected chi connectivity index (χ0v) is 7.96. The lowest BCUT2D eigenvalue weighted by Gasteiger charge is -2.07. The lowest BCUT2D eigenvalue weighted by Crippen LogP contribution is -2.10. The Morgan fingerprint density at radius 2 is 2.20 bits per heavy atom. The highest BCUT2D eigenvalue weighted by Gasteiger charge is 2.03. The molecule has 15 heavy (non-hydrogen) atoms. The third kappa shape index (κ3) is 3.68. The van der Waals surface area contributed by atoms with Crippen LogP contribution in [0.2, 0.25) is 0 Å². The van der Waals surface area contributed by atoms with Gasteiger partial charge in [-0.1, -0.05) is 18.2 Å². The Hall–Kier alpha value is -2.04. The third-order valence-corrected chi connectivity index (χ3v) is 1.72. The average molecular weight is 209 g/mol. The molecule has 0 saturated carbocycles. The van der Waals surface area contributed by atoms with Crippen molar-refractivity contribution in [2.75, 3.05) is 6.61 Å². The van der Waals surface area contributed by atoms with E-state index in [4.69, 9.17) is 15.1 Å². The molecule has 0 atom stereocenters. The summed E-state index contributed by atoms with van der Waals surface area (Å²) in [5.41, 5.74) is 0.775. The number of oxime groups is 1. The van der Waals surface area contributed by atoms with Crippen LogP contribution in [-0.4, -0.2) is 29.1 Å². The molecule has 1 aromatic rings. The highest BCUT2D eigenvalue weighted by atomic mass is 16.5. The highest BCUT2D eigenvalue weighted by Crippen LogP contribution is 2.17. The SMILES string of the molecule is O=C(O)COc1ccccc1C/C=N\O. The summed E-state index contributed by atoms with van der Waals surface area (Å²) >= 11 is 0. The fourth-order valence-electron chi connectivity index (χ4n) is 1.09. The molecule has 2 N–H and O–H groups in total. The molecule has 5 heteroatoms. The van der Waals surface area contributed by atoms with E-state index >= 15 is 0 Å². The van der Waals surface area contributed by atoms with Gasteiger partial charge in [0.25, 0.3) is 0 Å². The van der Waals surface area contributed by atoms with E-state index in [1.165, 1.54) is 6.21 Å². The Morgan fingerprint density at radius 3 is 2.87 bits per heavy atom. The van der Waals surface area contributed by atoms with Crippen LogP contribution in [0, 0.1) is 0 Å². The third-order valence-electron chi connectivity index (χ3n) is 1.72. The standard InChI is InChI=1S/C10H11NO4/c12-10(13)7-15-9-4-2-1-3-8(9)5-6-11-14/h1-4,6,14H,5,7H2,(H,12,13)/b11-6-. The lowest BCUT2D eigenvalue weighted by molar-refractivity contribution is -0.139. The number of ether oxygens (including phenoxy) is 1. The van der Waals surface area contributed by atoms with Crippen LogP contribution >= 0.6 is 0 Å². The Balaban J connectivity index is 2.72. The van der Waals surface area contributed by atoms with Gasteiger partial charge in [-0.05, 0) is 11.6 Å².